The molecule has 0 amide bonds. The molecule has 0 bridgehead atoms. The Balaban J connectivity index is 2.78. The Hall–Kier alpha value is -1.84. The molecule has 4 nitrogen and oxygen atoms in total. The summed E-state index contributed by atoms with van der Waals surface area (Å²) in [5.74, 6) is -0.865. The van der Waals surface area contributed by atoms with E-state index in [0.717, 1.165) is 0 Å². The van der Waals surface area contributed by atoms with Crippen molar-refractivity contribution < 1.29 is 19.1 Å². The lowest BCUT2D eigenvalue weighted by atomic mass is 10.1. The molecule has 1 rings (SSSR count). The van der Waals surface area contributed by atoms with Crippen LogP contribution in [-0.2, 0) is 9.53 Å². The average Bonchev–Trinajstić information content (AvgIpc) is 2.26. The van der Waals surface area contributed by atoms with Gasteiger partial charge in [0.25, 0.3) is 5.78 Å². The molecule has 0 saturated heterocycles. The van der Waals surface area contributed by atoms with E-state index >= 15 is 0 Å². The Morgan fingerprint density at radius 3 is 2.00 bits per heavy atom. The first-order valence-electron chi connectivity index (χ1n) is 5.25. The number of Topliss-reactive ketones (excluding diaryl/α,β-unsaturated/α-hetero) is 1. The normalized spacial score (nSPS) is 10.8. The maximum absolute atomic E-state index is 11.7. The molecule has 0 fully saturated rings. The van der Waals surface area contributed by atoms with Crippen LogP contribution in [0.25, 0.3) is 0 Å². The molecule has 1 aromatic rings. The summed E-state index contributed by atoms with van der Waals surface area (Å²) in [4.78, 5) is 23.2. The van der Waals surface area contributed by atoms with Crippen LogP contribution in [0.2, 0.25) is 0 Å². The number of esters is 1. The maximum atomic E-state index is 11.7. The van der Waals surface area contributed by atoms with E-state index in [1.54, 1.807) is 32.9 Å². The molecule has 0 radical (unpaired) electrons. The van der Waals surface area contributed by atoms with Crippen LogP contribution >= 0.6 is 0 Å². The standard InChI is InChI=1S/C13H16O4/c1-13(2,3)17-12(15)11(14)9-5-7-10(16-4)8-6-9/h5-8H,1-4H3. The zero-order valence-electron chi connectivity index (χ0n) is 10.4. The van der Waals surface area contributed by atoms with E-state index in [4.69, 9.17) is 9.47 Å². The summed E-state index contributed by atoms with van der Waals surface area (Å²) in [6.45, 7) is 5.14. The van der Waals surface area contributed by atoms with Gasteiger partial charge in [0.2, 0.25) is 0 Å². The molecule has 4 heteroatoms. The first kappa shape index (κ1) is 13.2. The van der Waals surface area contributed by atoms with Crippen LogP contribution < -0.4 is 4.74 Å². The monoisotopic (exact) mass is 236 g/mol. The number of ether oxygens (including phenoxy) is 2. The van der Waals surface area contributed by atoms with Crippen molar-refractivity contribution in [2.24, 2.45) is 0 Å². The van der Waals surface area contributed by atoms with Gasteiger partial charge >= 0.3 is 5.97 Å². The van der Waals surface area contributed by atoms with Gasteiger partial charge in [-0.25, -0.2) is 4.79 Å². The zero-order valence-corrected chi connectivity index (χ0v) is 10.4. The fraction of sp³-hybridized carbons (Fsp3) is 0.385. The van der Waals surface area contributed by atoms with Gasteiger partial charge in [-0.3, -0.25) is 4.79 Å². The molecule has 0 saturated carbocycles. The summed E-state index contributed by atoms with van der Waals surface area (Å²) in [6.07, 6.45) is 0. The fourth-order valence-electron chi connectivity index (χ4n) is 1.18. The van der Waals surface area contributed by atoms with Gasteiger partial charge in [0.05, 0.1) is 7.11 Å². The van der Waals surface area contributed by atoms with Crippen molar-refractivity contribution in [2.45, 2.75) is 26.4 Å². The topological polar surface area (TPSA) is 52.6 Å². The highest BCUT2D eigenvalue weighted by molar-refractivity contribution is 6.40. The number of methoxy groups -OCH3 is 1. The van der Waals surface area contributed by atoms with Gasteiger partial charge in [-0.2, -0.15) is 0 Å². The number of carbonyl (C=O) groups excluding carboxylic acids is 2. The highest BCUT2D eigenvalue weighted by Gasteiger charge is 2.23. The lowest BCUT2D eigenvalue weighted by Crippen LogP contribution is -2.28. The minimum Gasteiger partial charge on any atom is -0.497 e. The largest absolute Gasteiger partial charge is 0.497 e. The van der Waals surface area contributed by atoms with Crippen molar-refractivity contribution in [3.63, 3.8) is 0 Å². The number of carbonyl (C=O) groups is 2. The lowest BCUT2D eigenvalue weighted by molar-refractivity contribution is -0.148. The maximum Gasteiger partial charge on any atom is 0.380 e. The molecule has 0 unspecified atom stereocenters. The third-order valence-corrected chi connectivity index (χ3v) is 1.94. The summed E-state index contributed by atoms with van der Waals surface area (Å²) >= 11 is 0. The molecular formula is C13H16O4. The Kier molecular flexibility index (Phi) is 3.89. The Morgan fingerprint density at radius 1 is 1.06 bits per heavy atom. The molecule has 17 heavy (non-hydrogen) atoms. The van der Waals surface area contributed by atoms with Gasteiger partial charge < -0.3 is 9.47 Å². The van der Waals surface area contributed by atoms with Crippen molar-refractivity contribution >= 4 is 11.8 Å². The Bertz CT molecular complexity index is 412. The molecule has 0 heterocycles. The smallest absolute Gasteiger partial charge is 0.380 e. The molecule has 1 aromatic carbocycles. The van der Waals surface area contributed by atoms with E-state index in [-0.39, 0.29) is 0 Å². The predicted octanol–water partition coefficient (Wildman–Crippen LogP) is 2.22. The van der Waals surface area contributed by atoms with E-state index < -0.39 is 17.4 Å². The molecule has 0 aliphatic heterocycles. The average molecular weight is 236 g/mol. The summed E-state index contributed by atoms with van der Waals surface area (Å²) in [5, 5.41) is 0. The quantitative estimate of drug-likeness (QED) is 0.458. The second-order valence-electron chi connectivity index (χ2n) is 4.56. The van der Waals surface area contributed by atoms with Crippen LogP contribution in [-0.4, -0.2) is 24.5 Å². The van der Waals surface area contributed by atoms with Gasteiger partial charge in [0.15, 0.2) is 0 Å². The molecule has 92 valence electrons. The van der Waals surface area contributed by atoms with Crippen molar-refractivity contribution in [1.29, 1.82) is 0 Å². The third kappa shape index (κ3) is 3.90. The molecular weight excluding hydrogens is 220 g/mol. The number of hydrogen-bond donors (Lipinski definition) is 0. The van der Waals surface area contributed by atoms with E-state index in [0.29, 0.717) is 11.3 Å². The predicted molar refractivity (Wildman–Crippen MR) is 63.2 cm³/mol. The third-order valence-electron chi connectivity index (χ3n) is 1.94. The van der Waals surface area contributed by atoms with Crippen LogP contribution in [0.1, 0.15) is 31.1 Å². The highest BCUT2D eigenvalue weighted by atomic mass is 16.6. The summed E-state index contributed by atoms with van der Waals surface area (Å²) in [7, 11) is 1.53. The first-order chi connectivity index (χ1) is 7.83. The van der Waals surface area contributed by atoms with Gasteiger partial charge in [0.1, 0.15) is 11.4 Å². The van der Waals surface area contributed by atoms with Crippen LogP contribution in [0.15, 0.2) is 24.3 Å². The van der Waals surface area contributed by atoms with E-state index in [1.165, 1.54) is 19.2 Å². The molecule has 0 aliphatic rings. The van der Waals surface area contributed by atoms with E-state index in [9.17, 15) is 9.59 Å². The second-order valence-corrected chi connectivity index (χ2v) is 4.56. The van der Waals surface area contributed by atoms with Crippen molar-refractivity contribution in [1.82, 2.24) is 0 Å². The van der Waals surface area contributed by atoms with Crippen LogP contribution in [0, 0.1) is 0 Å². The molecule has 0 N–H and O–H groups in total. The Labute approximate surface area is 101 Å². The minimum absolute atomic E-state index is 0.292. The lowest BCUT2D eigenvalue weighted by Gasteiger charge is -2.18. The number of ketones is 1. The molecule has 0 spiro atoms. The van der Waals surface area contributed by atoms with Gasteiger partial charge in [-0.15, -0.1) is 0 Å². The van der Waals surface area contributed by atoms with Gasteiger partial charge in [-0.05, 0) is 45.0 Å². The number of hydrogen-bond acceptors (Lipinski definition) is 4. The zero-order chi connectivity index (χ0) is 13.1. The minimum atomic E-state index is -0.845. The number of benzene rings is 1. The molecule has 0 aliphatic carbocycles. The first-order valence-corrected chi connectivity index (χ1v) is 5.25. The molecule has 0 aromatic heterocycles. The van der Waals surface area contributed by atoms with Crippen molar-refractivity contribution in [3.8, 4) is 5.75 Å². The highest BCUT2D eigenvalue weighted by Crippen LogP contribution is 2.14. The number of rotatable bonds is 3. The summed E-state index contributed by atoms with van der Waals surface area (Å²) < 4.78 is 9.95. The second kappa shape index (κ2) is 4.99. The molecule has 0 atom stereocenters. The van der Waals surface area contributed by atoms with Crippen molar-refractivity contribution in [3.05, 3.63) is 29.8 Å². The van der Waals surface area contributed by atoms with Crippen LogP contribution in [0.5, 0.6) is 5.75 Å². The van der Waals surface area contributed by atoms with Crippen LogP contribution in [0.3, 0.4) is 0 Å². The fourth-order valence-corrected chi connectivity index (χ4v) is 1.18. The van der Waals surface area contributed by atoms with Gasteiger partial charge in [-0.1, -0.05) is 0 Å². The van der Waals surface area contributed by atoms with Gasteiger partial charge in [0, 0.05) is 5.56 Å². The van der Waals surface area contributed by atoms with E-state index in [1.807, 2.05) is 0 Å². The Morgan fingerprint density at radius 2 is 1.59 bits per heavy atom. The summed E-state index contributed by atoms with van der Waals surface area (Å²) in [6, 6.07) is 6.31. The summed E-state index contributed by atoms with van der Waals surface area (Å²) in [5.41, 5.74) is -0.376. The van der Waals surface area contributed by atoms with Crippen molar-refractivity contribution in [2.75, 3.05) is 7.11 Å². The van der Waals surface area contributed by atoms with E-state index in [2.05, 4.69) is 0 Å². The van der Waals surface area contributed by atoms with Crippen LogP contribution in [0.4, 0.5) is 0 Å². The SMILES string of the molecule is COc1ccc(C(=O)C(=O)OC(C)(C)C)cc1.